The fourth-order valence-corrected chi connectivity index (χ4v) is 4.12. The van der Waals surface area contributed by atoms with Gasteiger partial charge in [-0.15, -0.1) is 0 Å². The molecule has 1 aromatic heterocycles. The van der Waals surface area contributed by atoms with Crippen LogP contribution >= 0.6 is 0 Å². The highest BCUT2D eigenvalue weighted by molar-refractivity contribution is 7.87. The van der Waals surface area contributed by atoms with Crippen molar-refractivity contribution in [3.8, 4) is 11.4 Å². The van der Waals surface area contributed by atoms with E-state index < -0.39 is 20.9 Å². The molecule has 0 atom stereocenters. The van der Waals surface area contributed by atoms with Crippen molar-refractivity contribution < 1.29 is 22.3 Å². The van der Waals surface area contributed by atoms with Crippen LogP contribution in [0.1, 0.15) is 15.9 Å². The molecule has 176 valence electrons. The molecule has 0 saturated heterocycles. The van der Waals surface area contributed by atoms with Crippen molar-refractivity contribution >= 4 is 27.9 Å². The third kappa shape index (κ3) is 5.42. The Balaban J connectivity index is 1.51. The fourth-order valence-electron chi connectivity index (χ4n) is 3.17. The zero-order valence-electron chi connectivity index (χ0n) is 18.0. The third-order valence-corrected chi connectivity index (χ3v) is 6.10. The molecule has 0 aliphatic carbocycles. The summed E-state index contributed by atoms with van der Waals surface area (Å²) in [5.74, 6) is -0.487. The lowest BCUT2D eigenvalue weighted by Crippen LogP contribution is -2.19. The number of nitrogens with one attached hydrogen (secondary N) is 1. The number of carbonyl (C=O) groups is 1. The largest absolute Gasteiger partial charge is 0.378 e. The van der Waals surface area contributed by atoms with Gasteiger partial charge in [-0.05, 0) is 48.5 Å². The van der Waals surface area contributed by atoms with Gasteiger partial charge in [0.1, 0.15) is 4.90 Å². The van der Waals surface area contributed by atoms with E-state index in [1.807, 2.05) is 30.6 Å². The molecule has 0 radical (unpaired) electrons. The van der Waals surface area contributed by atoms with Gasteiger partial charge in [0.2, 0.25) is 0 Å². The van der Waals surface area contributed by atoms with E-state index in [-0.39, 0.29) is 21.9 Å². The number of rotatable bonds is 8. The van der Waals surface area contributed by atoms with Gasteiger partial charge in [-0.3, -0.25) is 14.9 Å². The van der Waals surface area contributed by atoms with Crippen LogP contribution in [0.5, 0.6) is 5.75 Å². The average molecular weight is 490 g/mol. The number of nitro groups is 1. The van der Waals surface area contributed by atoms with E-state index in [9.17, 15) is 23.3 Å². The molecule has 0 aliphatic heterocycles. The summed E-state index contributed by atoms with van der Waals surface area (Å²) < 4.78 is 32.3. The quantitative estimate of drug-likeness (QED) is 0.172. The maximum Gasteiger partial charge on any atom is 0.339 e. The molecule has 10 nitrogen and oxygen atoms in total. The minimum absolute atomic E-state index is 0.0309. The standard InChI is InChI=1S/C24H18N4O6S/c29-24(21-8-2-3-9-22(21)27-15-5-6-16-27)26-25-17-18-7-1-4-10-23(18)34-35(32,33)20-13-11-19(12-14-20)28(30)31/h1-17H,(H,26,29)/b25-17-. The lowest BCUT2D eigenvalue weighted by Gasteiger charge is -2.10. The van der Waals surface area contributed by atoms with Crippen LogP contribution in [0, 0.1) is 10.1 Å². The fraction of sp³-hybridized carbons (Fsp3) is 0. The number of nitrogens with zero attached hydrogens (tertiary/aromatic N) is 3. The highest BCUT2D eigenvalue weighted by atomic mass is 32.2. The Morgan fingerprint density at radius 3 is 2.31 bits per heavy atom. The summed E-state index contributed by atoms with van der Waals surface area (Å²) >= 11 is 0. The lowest BCUT2D eigenvalue weighted by atomic mass is 10.1. The predicted molar refractivity (Wildman–Crippen MR) is 128 cm³/mol. The predicted octanol–water partition coefficient (Wildman–Crippen LogP) is 3.92. The van der Waals surface area contributed by atoms with Gasteiger partial charge in [0, 0.05) is 30.1 Å². The summed E-state index contributed by atoms with van der Waals surface area (Å²) in [6.45, 7) is 0. The maximum absolute atomic E-state index is 12.7. The zero-order valence-corrected chi connectivity index (χ0v) is 18.8. The average Bonchev–Trinajstić information content (AvgIpc) is 3.40. The third-order valence-electron chi connectivity index (χ3n) is 4.86. The Hall–Kier alpha value is -4.77. The first-order chi connectivity index (χ1) is 16.8. The first-order valence-corrected chi connectivity index (χ1v) is 11.6. The second-order valence-electron chi connectivity index (χ2n) is 7.13. The number of amides is 1. The van der Waals surface area contributed by atoms with Crippen LogP contribution in [0.15, 0.2) is 107 Å². The van der Waals surface area contributed by atoms with Crippen LogP contribution in [0.25, 0.3) is 5.69 Å². The second-order valence-corrected chi connectivity index (χ2v) is 8.68. The van der Waals surface area contributed by atoms with E-state index in [1.54, 1.807) is 41.0 Å². The number of aromatic nitrogens is 1. The molecule has 0 unspecified atom stereocenters. The van der Waals surface area contributed by atoms with Crippen molar-refractivity contribution in [1.29, 1.82) is 0 Å². The van der Waals surface area contributed by atoms with Crippen LogP contribution in [0.3, 0.4) is 0 Å². The summed E-state index contributed by atoms with van der Waals surface area (Å²) in [5.41, 5.74) is 3.54. The number of hydrogen-bond acceptors (Lipinski definition) is 7. The Morgan fingerprint density at radius 2 is 1.60 bits per heavy atom. The smallest absolute Gasteiger partial charge is 0.339 e. The van der Waals surface area contributed by atoms with Crippen LogP contribution in [0.4, 0.5) is 5.69 Å². The minimum atomic E-state index is -4.27. The number of benzene rings is 3. The first kappa shape index (κ1) is 23.4. The van der Waals surface area contributed by atoms with Gasteiger partial charge in [0.25, 0.3) is 11.6 Å². The molecule has 0 bridgehead atoms. The molecule has 1 N–H and O–H groups in total. The van der Waals surface area contributed by atoms with E-state index >= 15 is 0 Å². The second kappa shape index (κ2) is 10.0. The van der Waals surface area contributed by atoms with Crippen molar-refractivity contribution in [1.82, 2.24) is 9.99 Å². The van der Waals surface area contributed by atoms with Crippen molar-refractivity contribution in [3.63, 3.8) is 0 Å². The van der Waals surface area contributed by atoms with E-state index in [4.69, 9.17) is 4.18 Å². The molecular formula is C24H18N4O6S. The SMILES string of the molecule is O=C(N/N=C\c1ccccc1OS(=O)(=O)c1ccc([N+](=O)[O-])cc1)c1ccccc1-n1cccc1. The van der Waals surface area contributed by atoms with Crippen molar-refractivity contribution in [2.45, 2.75) is 4.90 Å². The number of hydrazone groups is 1. The molecule has 1 amide bonds. The summed E-state index contributed by atoms with van der Waals surface area (Å²) in [6.07, 6.45) is 4.89. The molecule has 3 aromatic carbocycles. The molecule has 0 saturated carbocycles. The lowest BCUT2D eigenvalue weighted by molar-refractivity contribution is -0.384. The van der Waals surface area contributed by atoms with Crippen molar-refractivity contribution in [2.24, 2.45) is 5.10 Å². The highest BCUT2D eigenvalue weighted by Gasteiger charge is 2.19. The Kier molecular flexibility index (Phi) is 6.69. The molecule has 4 rings (SSSR count). The van der Waals surface area contributed by atoms with E-state index in [1.165, 1.54) is 12.3 Å². The Morgan fingerprint density at radius 1 is 0.943 bits per heavy atom. The van der Waals surface area contributed by atoms with Gasteiger partial charge in [-0.1, -0.05) is 24.3 Å². The highest BCUT2D eigenvalue weighted by Crippen LogP contribution is 2.23. The molecule has 4 aromatic rings. The molecule has 0 fully saturated rings. The van der Waals surface area contributed by atoms with Crippen LogP contribution < -0.4 is 9.61 Å². The van der Waals surface area contributed by atoms with Gasteiger partial charge in [0.05, 0.1) is 22.4 Å². The molecule has 35 heavy (non-hydrogen) atoms. The van der Waals surface area contributed by atoms with Crippen LogP contribution in [-0.4, -0.2) is 30.0 Å². The van der Waals surface area contributed by atoms with Crippen LogP contribution in [-0.2, 0) is 10.1 Å². The number of hydrogen-bond donors (Lipinski definition) is 1. The number of carbonyl (C=O) groups excluding carboxylic acids is 1. The summed E-state index contributed by atoms with van der Waals surface area (Å²) in [6, 6.07) is 21.2. The topological polar surface area (TPSA) is 133 Å². The first-order valence-electron chi connectivity index (χ1n) is 10.2. The van der Waals surface area contributed by atoms with E-state index in [0.717, 1.165) is 24.3 Å². The van der Waals surface area contributed by atoms with Gasteiger partial charge in [-0.2, -0.15) is 13.5 Å². The minimum Gasteiger partial charge on any atom is -0.378 e. The molecule has 11 heteroatoms. The monoisotopic (exact) mass is 490 g/mol. The molecule has 0 spiro atoms. The van der Waals surface area contributed by atoms with Crippen molar-refractivity contribution in [2.75, 3.05) is 0 Å². The number of para-hydroxylation sites is 2. The molecule has 1 heterocycles. The normalized spacial score (nSPS) is 11.3. The number of nitro benzene ring substituents is 1. The maximum atomic E-state index is 12.7. The van der Waals surface area contributed by atoms with E-state index in [0.29, 0.717) is 11.3 Å². The summed E-state index contributed by atoms with van der Waals surface area (Å²) in [7, 11) is -4.27. The van der Waals surface area contributed by atoms with Gasteiger partial charge >= 0.3 is 10.1 Å². The van der Waals surface area contributed by atoms with E-state index in [2.05, 4.69) is 10.5 Å². The Bertz CT molecular complexity index is 1500. The van der Waals surface area contributed by atoms with Crippen molar-refractivity contribution in [3.05, 3.63) is 119 Å². The molecular weight excluding hydrogens is 472 g/mol. The zero-order chi connectivity index (χ0) is 24.8. The van der Waals surface area contributed by atoms with Gasteiger partial charge < -0.3 is 8.75 Å². The summed E-state index contributed by atoms with van der Waals surface area (Å²) in [5, 5.41) is 14.7. The van der Waals surface area contributed by atoms with Gasteiger partial charge in [0.15, 0.2) is 5.75 Å². The summed E-state index contributed by atoms with van der Waals surface area (Å²) in [4.78, 5) is 22.6. The number of non-ortho nitro benzene ring substituents is 1. The van der Waals surface area contributed by atoms with Gasteiger partial charge in [-0.25, -0.2) is 5.43 Å². The Labute approximate surface area is 200 Å². The van der Waals surface area contributed by atoms with Crippen LogP contribution in [0.2, 0.25) is 0 Å². The molecule has 0 aliphatic rings.